The van der Waals surface area contributed by atoms with Crippen molar-refractivity contribution in [3.63, 3.8) is 0 Å². The summed E-state index contributed by atoms with van der Waals surface area (Å²) in [6.45, 7) is 15.3. The summed E-state index contributed by atoms with van der Waals surface area (Å²) >= 11 is 0. The molecular formula is C26H38Cu2N10O2. The van der Waals surface area contributed by atoms with Crippen molar-refractivity contribution >= 4 is 11.4 Å². The fourth-order valence-electron chi connectivity index (χ4n) is 2.86. The van der Waals surface area contributed by atoms with Crippen molar-refractivity contribution < 1.29 is 44.4 Å². The summed E-state index contributed by atoms with van der Waals surface area (Å²) < 4.78 is 0. The van der Waals surface area contributed by atoms with Gasteiger partial charge in [0.15, 0.2) is 0 Å². The van der Waals surface area contributed by atoms with Gasteiger partial charge in [-0.15, -0.1) is 0 Å². The molecule has 0 saturated heterocycles. The Balaban J connectivity index is -0.000000259. The van der Waals surface area contributed by atoms with E-state index in [9.17, 15) is 10.2 Å². The normalized spacial score (nSPS) is 10.1. The molecule has 0 fully saturated rings. The number of rotatable bonds is 10. The van der Waals surface area contributed by atoms with Crippen LogP contribution in [0.15, 0.2) is 58.5 Å². The molecule has 0 aromatic heterocycles. The molecule has 12 nitrogen and oxygen atoms in total. The molecule has 2 rings (SSSR count). The minimum atomic E-state index is 0. The van der Waals surface area contributed by atoms with Crippen molar-refractivity contribution in [1.29, 1.82) is 0 Å². The quantitative estimate of drug-likeness (QED) is 0.0921. The average Bonchev–Trinajstić information content (AvgIpc) is 2.86. The first kappa shape index (κ1) is 44.0. The molecule has 0 aliphatic heterocycles. The van der Waals surface area contributed by atoms with Crippen molar-refractivity contribution in [1.82, 2.24) is 10.6 Å². The first-order valence-corrected chi connectivity index (χ1v) is 12.0. The fourth-order valence-corrected chi connectivity index (χ4v) is 2.86. The van der Waals surface area contributed by atoms with Gasteiger partial charge in [0, 0.05) is 36.6 Å². The molecular weight excluding hydrogens is 611 g/mol. The molecule has 0 amide bonds. The van der Waals surface area contributed by atoms with Gasteiger partial charge in [0.1, 0.15) is 0 Å². The number of aliphatic imine (C=N–C) groups is 2. The summed E-state index contributed by atoms with van der Waals surface area (Å²) in [7, 11) is 0. The summed E-state index contributed by atoms with van der Waals surface area (Å²) in [5.41, 5.74) is 30.0. The zero-order valence-electron chi connectivity index (χ0n) is 23.6. The number of hydrogen-bond acceptors (Lipinski definition) is 6. The Bertz CT molecular complexity index is 968. The summed E-state index contributed by atoms with van der Waals surface area (Å²) in [6, 6.07) is 14.9. The van der Waals surface area contributed by atoms with Gasteiger partial charge >= 0.3 is 34.1 Å². The minimum Gasteiger partial charge on any atom is -0.872 e. The summed E-state index contributed by atoms with van der Waals surface area (Å²) in [5.74, 6) is 0.0844. The van der Waals surface area contributed by atoms with Gasteiger partial charge in [0.25, 0.3) is 0 Å². The van der Waals surface area contributed by atoms with Crippen LogP contribution in [0.4, 0.5) is 0 Å². The molecule has 0 heterocycles. The number of para-hydroxylation sites is 2. The zero-order valence-corrected chi connectivity index (χ0v) is 25.5. The topological polar surface area (TPSA) is 212 Å². The number of hydrogen-bond donors (Lipinski definition) is 2. The van der Waals surface area contributed by atoms with E-state index in [1.165, 1.54) is 9.82 Å². The molecule has 0 spiro atoms. The van der Waals surface area contributed by atoms with Gasteiger partial charge in [-0.05, 0) is 25.0 Å². The molecule has 2 aromatic carbocycles. The van der Waals surface area contributed by atoms with E-state index in [1.807, 2.05) is 38.1 Å². The predicted octanol–water partition coefficient (Wildman–Crippen LogP) is 4.86. The van der Waals surface area contributed by atoms with E-state index in [-0.39, 0.29) is 45.6 Å². The molecule has 0 bridgehead atoms. The van der Waals surface area contributed by atoms with Crippen molar-refractivity contribution in [2.45, 2.75) is 53.6 Å². The molecule has 0 aliphatic carbocycles. The Morgan fingerprint density at radius 3 is 1.20 bits per heavy atom. The zero-order chi connectivity index (χ0) is 29.3. The van der Waals surface area contributed by atoms with Crippen LogP contribution in [0.5, 0.6) is 11.5 Å². The average molecular weight is 650 g/mol. The summed E-state index contributed by atoms with van der Waals surface area (Å²) in [5, 5.41) is 29.6. The van der Waals surface area contributed by atoms with Crippen LogP contribution in [-0.4, -0.2) is 49.7 Å². The molecule has 2 radical (unpaired) electrons. The van der Waals surface area contributed by atoms with Crippen LogP contribution in [0.25, 0.3) is 31.9 Å². The molecule has 14 heteroatoms. The van der Waals surface area contributed by atoms with Crippen LogP contribution < -0.4 is 20.8 Å². The second-order valence-corrected chi connectivity index (χ2v) is 8.32. The molecule has 2 aromatic rings. The molecule has 2 N–H and O–H groups in total. The molecule has 226 valence electrons. The largest absolute Gasteiger partial charge is 2.00 e. The molecule has 0 saturated carbocycles. The Morgan fingerprint density at radius 1 is 0.675 bits per heavy atom. The second-order valence-electron chi connectivity index (χ2n) is 8.32. The first-order chi connectivity index (χ1) is 18.0. The summed E-state index contributed by atoms with van der Waals surface area (Å²) in [4.78, 5) is 11.8. The predicted molar refractivity (Wildman–Crippen MR) is 152 cm³/mol. The Labute approximate surface area is 258 Å². The van der Waals surface area contributed by atoms with E-state index >= 15 is 0 Å². The van der Waals surface area contributed by atoms with Crippen molar-refractivity contribution in [2.24, 2.45) is 9.98 Å². The van der Waals surface area contributed by atoms with Crippen LogP contribution in [0, 0.1) is 0 Å². The standard InChI is InChI=1S/2C13H20N2O.2Cu.2N3/c2*1-10(2)14-8-9-15-11(3)12-6-4-5-7-13(12)16;;;2*1-3-2/h2*4-7,10,14,16H,8-9H2,1-3H3;;;;/q;;2*+2;2*-1/p-2. The SMILES string of the molecule is CC(=NCCNC(C)C)c1ccccc1[O-].CC(=NCCNC(C)C)c1ccccc1[O-].[Cu+2].[Cu+2].[N-]=[N+]=[N-].[N-]=[N+]=[N-]. The van der Waals surface area contributed by atoms with Crippen molar-refractivity contribution in [3.8, 4) is 11.5 Å². The maximum Gasteiger partial charge on any atom is 2.00 e. The van der Waals surface area contributed by atoms with Crippen LogP contribution in [-0.2, 0) is 34.1 Å². The van der Waals surface area contributed by atoms with Gasteiger partial charge in [-0.1, -0.05) is 87.7 Å². The van der Waals surface area contributed by atoms with Crippen molar-refractivity contribution in [3.05, 3.63) is 91.6 Å². The van der Waals surface area contributed by atoms with E-state index in [0.717, 1.165) is 24.5 Å². The van der Waals surface area contributed by atoms with Gasteiger partial charge in [0.05, 0.1) is 13.1 Å². The van der Waals surface area contributed by atoms with E-state index in [4.69, 9.17) is 22.1 Å². The van der Waals surface area contributed by atoms with Gasteiger partial charge in [-0.25, -0.2) is 0 Å². The van der Waals surface area contributed by atoms with E-state index in [1.54, 1.807) is 24.3 Å². The second kappa shape index (κ2) is 29.0. The molecule has 0 atom stereocenters. The van der Waals surface area contributed by atoms with Crippen LogP contribution in [0.3, 0.4) is 0 Å². The van der Waals surface area contributed by atoms with Crippen LogP contribution in [0.2, 0.25) is 0 Å². The maximum absolute atomic E-state index is 11.5. The third-order valence-electron chi connectivity index (χ3n) is 4.58. The van der Waals surface area contributed by atoms with Gasteiger partial charge < -0.3 is 43.0 Å². The third-order valence-corrected chi connectivity index (χ3v) is 4.58. The molecule has 0 aliphatic rings. The first-order valence-electron chi connectivity index (χ1n) is 12.0. The number of nitrogens with zero attached hydrogens (tertiary/aromatic N) is 8. The molecule has 0 unspecified atom stereocenters. The van der Waals surface area contributed by atoms with Crippen LogP contribution >= 0.6 is 0 Å². The van der Waals surface area contributed by atoms with E-state index in [2.05, 4.69) is 48.3 Å². The van der Waals surface area contributed by atoms with Gasteiger partial charge in [-0.2, -0.15) is 0 Å². The van der Waals surface area contributed by atoms with E-state index < -0.39 is 0 Å². The Morgan fingerprint density at radius 2 is 0.950 bits per heavy atom. The van der Waals surface area contributed by atoms with E-state index in [0.29, 0.717) is 36.3 Å². The smallest absolute Gasteiger partial charge is 0.872 e. The van der Waals surface area contributed by atoms with Gasteiger partial charge in [-0.3, -0.25) is 19.8 Å². The number of benzene rings is 2. The third kappa shape index (κ3) is 24.0. The van der Waals surface area contributed by atoms with Crippen molar-refractivity contribution in [2.75, 3.05) is 26.2 Å². The van der Waals surface area contributed by atoms with Gasteiger partial charge in [0.2, 0.25) is 0 Å². The maximum atomic E-state index is 11.5. The molecule has 40 heavy (non-hydrogen) atoms. The monoisotopic (exact) mass is 648 g/mol. The Kier molecular flexibility index (Phi) is 31.8. The minimum absolute atomic E-state index is 0. The van der Waals surface area contributed by atoms with Crippen LogP contribution in [0.1, 0.15) is 52.7 Å². The fraction of sp³-hybridized carbons (Fsp3) is 0.462. The number of nitrogens with one attached hydrogen (secondary N) is 2. The summed E-state index contributed by atoms with van der Waals surface area (Å²) in [6.07, 6.45) is 0. The Hall–Kier alpha value is -3.04.